The van der Waals surface area contributed by atoms with Gasteiger partial charge in [0.1, 0.15) is 0 Å². The van der Waals surface area contributed by atoms with Gasteiger partial charge in [0.2, 0.25) is 0 Å². The molecule has 8 aromatic rings. The van der Waals surface area contributed by atoms with Crippen LogP contribution in [0.25, 0.3) is 43.8 Å². The molecule has 0 bridgehead atoms. The van der Waals surface area contributed by atoms with E-state index in [1.54, 1.807) is 0 Å². The minimum absolute atomic E-state index is 0.236. The molecule has 1 aliphatic heterocycles. The summed E-state index contributed by atoms with van der Waals surface area (Å²) in [7, 11) is 0. The molecule has 0 aromatic heterocycles. The summed E-state index contributed by atoms with van der Waals surface area (Å²) in [5, 5.41) is 5.01. The topological polar surface area (TPSA) is 6.48 Å². The van der Waals surface area contributed by atoms with Crippen LogP contribution in [-0.2, 0) is 0 Å². The predicted molar refractivity (Wildman–Crippen MR) is 220 cm³/mol. The number of fused-ring (bicyclic) bond motifs is 6. The van der Waals surface area contributed by atoms with Crippen LogP contribution >= 0.6 is 0 Å². The van der Waals surface area contributed by atoms with Gasteiger partial charge in [0.15, 0.2) is 0 Å². The Balaban J connectivity index is 1.13. The lowest BCUT2D eigenvalue weighted by atomic mass is 9.90. The largest absolute Gasteiger partial charge is 0.333 e. The SMILES string of the molecule is C1=CC2c3ccc4ccc(N(c5ccc(-c6ccccc6)cc5)c5ccc(-c6cccc7ccccc67)cc5)cc4c3N(c3ccccc3)C2C=C1. The van der Waals surface area contributed by atoms with Crippen LogP contribution in [0, 0.1) is 0 Å². The first-order valence-corrected chi connectivity index (χ1v) is 18.1. The summed E-state index contributed by atoms with van der Waals surface area (Å²) in [6, 6.07) is 66.5. The monoisotopic (exact) mass is 664 g/mol. The van der Waals surface area contributed by atoms with Crippen molar-refractivity contribution in [3.63, 3.8) is 0 Å². The van der Waals surface area contributed by atoms with E-state index >= 15 is 0 Å². The van der Waals surface area contributed by atoms with E-state index in [1.807, 2.05) is 0 Å². The first-order chi connectivity index (χ1) is 25.8. The molecule has 0 fully saturated rings. The highest BCUT2D eigenvalue weighted by Crippen LogP contribution is 2.51. The van der Waals surface area contributed by atoms with Gasteiger partial charge >= 0.3 is 0 Å². The average molecular weight is 665 g/mol. The molecule has 2 atom stereocenters. The maximum Gasteiger partial charge on any atom is 0.0629 e. The van der Waals surface area contributed by atoms with Gasteiger partial charge in [-0.15, -0.1) is 0 Å². The fourth-order valence-electron chi connectivity index (χ4n) is 8.30. The Kier molecular flexibility index (Phi) is 7.32. The maximum atomic E-state index is 2.55. The quantitative estimate of drug-likeness (QED) is 0.175. The van der Waals surface area contributed by atoms with Crippen molar-refractivity contribution in [1.29, 1.82) is 0 Å². The minimum atomic E-state index is 0.236. The Bertz CT molecular complexity index is 2620. The number of nitrogens with zero attached hydrogens (tertiary/aromatic N) is 2. The van der Waals surface area contributed by atoms with Crippen molar-refractivity contribution in [2.75, 3.05) is 9.80 Å². The molecule has 2 aliphatic rings. The van der Waals surface area contributed by atoms with Crippen molar-refractivity contribution in [2.24, 2.45) is 0 Å². The van der Waals surface area contributed by atoms with Gasteiger partial charge in [-0.2, -0.15) is 0 Å². The second kappa shape index (κ2) is 12.6. The summed E-state index contributed by atoms with van der Waals surface area (Å²) in [5.41, 5.74) is 12.1. The lowest BCUT2D eigenvalue weighted by Crippen LogP contribution is -2.28. The highest BCUT2D eigenvalue weighted by Gasteiger charge is 2.38. The van der Waals surface area contributed by atoms with Crippen molar-refractivity contribution in [1.82, 2.24) is 0 Å². The van der Waals surface area contributed by atoms with Crippen molar-refractivity contribution in [3.8, 4) is 22.3 Å². The summed E-state index contributed by atoms with van der Waals surface area (Å²) in [4.78, 5) is 4.94. The molecule has 0 N–H and O–H groups in total. The Morgan fingerprint density at radius 2 is 1.02 bits per heavy atom. The van der Waals surface area contributed by atoms with E-state index in [0.29, 0.717) is 5.92 Å². The van der Waals surface area contributed by atoms with Gasteiger partial charge in [-0.25, -0.2) is 0 Å². The molecule has 52 heavy (non-hydrogen) atoms. The molecule has 0 amide bonds. The fourth-order valence-corrected chi connectivity index (χ4v) is 8.30. The van der Waals surface area contributed by atoms with Crippen LogP contribution in [0.4, 0.5) is 28.4 Å². The second-order valence-corrected chi connectivity index (χ2v) is 13.7. The number of para-hydroxylation sites is 1. The molecule has 2 unspecified atom stereocenters. The Hall–Kier alpha value is -6.64. The standard InChI is InChI=1S/C50H36N2/c1-3-12-35(13-4-1)36-22-28-41(29-23-36)51(42-30-24-38(25-31-42)45-20-11-15-37-14-7-8-18-44(37)45)43-32-26-39-27-33-47-46-19-9-10-21-49(46)52(50(47)48(39)34-43)40-16-5-2-6-17-40/h1-34,46,49H. The lowest BCUT2D eigenvalue weighted by Gasteiger charge is -2.30. The first-order valence-electron chi connectivity index (χ1n) is 18.1. The molecule has 246 valence electrons. The number of anilines is 5. The third-order valence-electron chi connectivity index (χ3n) is 10.8. The minimum Gasteiger partial charge on any atom is -0.333 e. The molecule has 10 rings (SSSR count). The van der Waals surface area contributed by atoms with E-state index in [0.717, 1.165) is 17.1 Å². The van der Waals surface area contributed by atoms with Gasteiger partial charge in [0.05, 0.1) is 11.7 Å². The molecular formula is C50H36N2. The van der Waals surface area contributed by atoms with E-state index in [2.05, 4.69) is 216 Å². The molecule has 1 aliphatic carbocycles. The van der Waals surface area contributed by atoms with Gasteiger partial charge in [0, 0.05) is 34.1 Å². The number of hydrogen-bond donors (Lipinski definition) is 0. The van der Waals surface area contributed by atoms with Gasteiger partial charge in [-0.05, 0) is 92.5 Å². The van der Waals surface area contributed by atoms with E-state index in [9.17, 15) is 0 Å². The van der Waals surface area contributed by atoms with Crippen molar-refractivity contribution in [2.45, 2.75) is 12.0 Å². The summed E-state index contributed by atoms with van der Waals surface area (Å²) in [6.45, 7) is 0. The molecule has 1 heterocycles. The third-order valence-corrected chi connectivity index (χ3v) is 10.8. The molecule has 2 nitrogen and oxygen atoms in total. The number of rotatable bonds is 6. The summed E-state index contributed by atoms with van der Waals surface area (Å²) < 4.78 is 0. The van der Waals surface area contributed by atoms with Crippen LogP contribution in [0.1, 0.15) is 11.5 Å². The van der Waals surface area contributed by atoms with Crippen LogP contribution in [0.3, 0.4) is 0 Å². The zero-order chi connectivity index (χ0) is 34.4. The second-order valence-electron chi connectivity index (χ2n) is 13.7. The highest BCUT2D eigenvalue weighted by molar-refractivity contribution is 6.03. The van der Waals surface area contributed by atoms with Gasteiger partial charge in [0.25, 0.3) is 0 Å². The van der Waals surface area contributed by atoms with E-state index < -0.39 is 0 Å². The lowest BCUT2D eigenvalue weighted by molar-refractivity contribution is 0.745. The fraction of sp³-hybridized carbons (Fsp3) is 0.0400. The van der Waals surface area contributed by atoms with Crippen LogP contribution in [-0.4, -0.2) is 6.04 Å². The molecule has 0 spiro atoms. The molecule has 2 heteroatoms. The van der Waals surface area contributed by atoms with E-state index in [4.69, 9.17) is 0 Å². The number of benzene rings is 8. The Morgan fingerprint density at radius 1 is 0.423 bits per heavy atom. The molecule has 0 saturated heterocycles. The summed E-state index contributed by atoms with van der Waals surface area (Å²) in [6.07, 6.45) is 9.10. The van der Waals surface area contributed by atoms with Gasteiger partial charge in [-0.1, -0.05) is 158 Å². The van der Waals surface area contributed by atoms with Crippen molar-refractivity contribution >= 4 is 50.0 Å². The van der Waals surface area contributed by atoms with E-state index in [-0.39, 0.29) is 6.04 Å². The number of allylic oxidation sites excluding steroid dienone is 2. The van der Waals surface area contributed by atoms with Crippen LogP contribution in [0.15, 0.2) is 206 Å². The predicted octanol–water partition coefficient (Wildman–Crippen LogP) is 13.5. The van der Waals surface area contributed by atoms with Crippen LogP contribution < -0.4 is 9.80 Å². The van der Waals surface area contributed by atoms with E-state index in [1.165, 1.54) is 60.7 Å². The molecule has 0 radical (unpaired) electrons. The molecular weight excluding hydrogens is 629 g/mol. The average Bonchev–Trinajstić information content (AvgIpc) is 3.57. The smallest absolute Gasteiger partial charge is 0.0629 e. The first kappa shape index (κ1) is 30.2. The van der Waals surface area contributed by atoms with Crippen molar-refractivity contribution in [3.05, 3.63) is 212 Å². The third kappa shape index (κ3) is 5.11. The van der Waals surface area contributed by atoms with Crippen molar-refractivity contribution < 1.29 is 0 Å². The zero-order valence-corrected chi connectivity index (χ0v) is 28.7. The Labute approximate surface area is 304 Å². The number of hydrogen-bond acceptors (Lipinski definition) is 2. The normalized spacial score (nSPS) is 15.9. The zero-order valence-electron chi connectivity index (χ0n) is 28.7. The highest BCUT2D eigenvalue weighted by atomic mass is 15.2. The molecule has 8 aromatic carbocycles. The van der Waals surface area contributed by atoms with Crippen LogP contribution in [0.2, 0.25) is 0 Å². The van der Waals surface area contributed by atoms with Crippen LogP contribution in [0.5, 0.6) is 0 Å². The summed E-state index contributed by atoms with van der Waals surface area (Å²) in [5.74, 6) is 0.302. The maximum absolute atomic E-state index is 2.55. The summed E-state index contributed by atoms with van der Waals surface area (Å²) >= 11 is 0. The van der Waals surface area contributed by atoms with Gasteiger partial charge < -0.3 is 9.80 Å². The Morgan fingerprint density at radius 3 is 1.81 bits per heavy atom. The van der Waals surface area contributed by atoms with Gasteiger partial charge in [-0.3, -0.25) is 0 Å². The molecule has 0 saturated carbocycles.